The van der Waals surface area contributed by atoms with Gasteiger partial charge < -0.3 is 10.6 Å². The molecule has 102 valence electrons. The fourth-order valence-corrected chi connectivity index (χ4v) is 2.30. The number of fused-ring (bicyclic) bond motifs is 1. The van der Waals surface area contributed by atoms with Gasteiger partial charge in [-0.25, -0.2) is 4.98 Å². The molecule has 0 bridgehead atoms. The molecule has 0 aliphatic carbocycles. The van der Waals surface area contributed by atoms with Crippen molar-refractivity contribution >= 4 is 29.0 Å². The van der Waals surface area contributed by atoms with Crippen LogP contribution in [0.4, 0.5) is 11.5 Å². The number of aryl methyl sites for hydroxylation is 1. The first-order valence-electron chi connectivity index (χ1n) is 6.36. The number of nitrogens with zero attached hydrogens (tertiary/aromatic N) is 2. The summed E-state index contributed by atoms with van der Waals surface area (Å²) in [6.45, 7) is 0. The number of hydrogen-bond donors (Lipinski definition) is 2. The number of halogens is 1. The maximum Gasteiger partial charge on any atom is 0.247 e. The van der Waals surface area contributed by atoms with Crippen molar-refractivity contribution in [3.8, 4) is 0 Å². The molecule has 1 aromatic heterocycles. The van der Waals surface area contributed by atoms with Gasteiger partial charge in [-0.05, 0) is 30.0 Å². The fraction of sp³-hybridized carbons (Fsp3) is 0.214. The Morgan fingerprint density at radius 1 is 1.25 bits per heavy atom. The Kier molecular flexibility index (Phi) is 3.52. The molecule has 6 heteroatoms. The second kappa shape index (κ2) is 5.46. The predicted octanol–water partition coefficient (Wildman–Crippen LogP) is 2.50. The zero-order chi connectivity index (χ0) is 13.9. The molecule has 1 aliphatic heterocycles. The van der Waals surface area contributed by atoms with E-state index in [4.69, 9.17) is 11.6 Å². The minimum Gasteiger partial charge on any atom is -0.356 e. The van der Waals surface area contributed by atoms with Gasteiger partial charge in [0.1, 0.15) is 11.7 Å². The molecule has 2 N–H and O–H groups in total. The smallest absolute Gasteiger partial charge is 0.247 e. The molecule has 0 spiro atoms. The quantitative estimate of drug-likeness (QED) is 0.852. The van der Waals surface area contributed by atoms with E-state index in [9.17, 15) is 4.79 Å². The number of rotatable bonds is 3. The van der Waals surface area contributed by atoms with Gasteiger partial charge in [0.25, 0.3) is 0 Å². The van der Waals surface area contributed by atoms with Crippen molar-refractivity contribution in [1.82, 2.24) is 9.97 Å². The number of anilines is 2. The molecule has 5 nitrogen and oxygen atoms in total. The summed E-state index contributed by atoms with van der Waals surface area (Å²) in [4.78, 5) is 19.9. The summed E-state index contributed by atoms with van der Waals surface area (Å²) < 4.78 is 0. The Morgan fingerprint density at radius 2 is 2.05 bits per heavy atom. The summed E-state index contributed by atoms with van der Waals surface area (Å²) in [6.07, 6.45) is 3.01. The third-order valence-electron chi connectivity index (χ3n) is 3.21. The highest BCUT2D eigenvalue weighted by Gasteiger charge is 2.26. The van der Waals surface area contributed by atoms with Crippen LogP contribution < -0.4 is 10.6 Å². The van der Waals surface area contributed by atoms with Gasteiger partial charge in [-0.1, -0.05) is 30.3 Å². The van der Waals surface area contributed by atoms with Gasteiger partial charge in [-0.15, -0.1) is 0 Å². The first-order chi connectivity index (χ1) is 9.72. The summed E-state index contributed by atoms with van der Waals surface area (Å²) in [5, 5.41) is 6.06. The molecule has 0 radical (unpaired) electrons. The molecule has 1 aliphatic rings. The summed E-state index contributed by atoms with van der Waals surface area (Å²) in [5.41, 5.74) is 1.77. The lowest BCUT2D eigenvalue weighted by Gasteiger charge is -2.25. The lowest BCUT2D eigenvalue weighted by molar-refractivity contribution is -0.117. The van der Waals surface area contributed by atoms with Crippen LogP contribution in [0.5, 0.6) is 0 Å². The van der Waals surface area contributed by atoms with Gasteiger partial charge in [-0.3, -0.25) is 4.79 Å². The Labute approximate surface area is 121 Å². The van der Waals surface area contributed by atoms with Crippen molar-refractivity contribution in [3.05, 3.63) is 47.4 Å². The molecule has 0 saturated carbocycles. The third-order valence-corrected chi connectivity index (χ3v) is 3.39. The normalized spacial score (nSPS) is 17.1. The van der Waals surface area contributed by atoms with Crippen LogP contribution in [-0.4, -0.2) is 21.9 Å². The zero-order valence-corrected chi connectivity index (χ0v) is 11.4. The van der Waals surface area contributed by atoms with Crippen LogP contribution in [0.3, 0.4) is 0 Å². The molecule has 1 unspecified atom stereocenters. The molecule has 20 heavy (non-hydrogen) atoms. The highest BCUT2D eigenvalue weighted by atomic mass is 35.5. The number of carbonyl (C=O) groups excluding carboxylic acids is 1. The number of amides is 1. The van der Waals surface area contributed by atoms with Gasteiger partial charge in [-0.2, -0.15) is 4.98 Å². The van der Waals surface area contributed by atoms with E-state index in [1.165, 1.54) is 11.8 Å². The SMILES string of the molecule is O=C1Nc2cnc(Cl)nc2NC1CCc1ccccc1. The van der Waals surface area contributed by atoms with E-state index in [0.717, 1.165) is 6.42 Å². The molecular weight excluding hydrogens is 276 g/mol. The second-order valence-corrected chi connectivity index (χ2v) is 4.95. The molecule has 0 saturated heterocycles. The van der Waals surface area contributed by atoms with Gasteiger partial charge in [0.15, 0.2) is 5.82 Å². The van der Waals surface area contributed by atoms with Gasteiger partial charge >= 0.3 is 0 Å². The monoisotopic (exact) mass is 288 g/mol. The minimum absolute atomic E-state index is 0.0700. The highest BCUT2D eigenvalue weighted by molar-refractivity contribution is 6.28. The molecule has 2 aromatic rings. The Bertz CT molecular complexity index is 632. The van der Waals surface area contributed by atoms with Crippen LogP contribution in [-0.2, 0) is 11.2 Å². The topological polar surface area (TPSA) is 66.9 Å². The minimum atomic E-state index is -0.311. The third kappa shape index (κ3) is 2.72. The Morgan fingerprint density at radius 3 is 2.85 bits per heavy atom. The van der Waals surface area contributed by atoms with Crippen LogP contribution >= 0.6 is 11.6 Å². The van der Waals surface area contributed by atoms with E-state index in [-0.39, 0.29) is 17.2 Å². The molecule has 1 atom stereocenters. The van der Waals surface area contributed by atoms with Crippen LogP contribution in [0, 0.1) is 0 Å². The van der Waals surface area contributed by atoms with Crippen molar-refractivity contribution in [2.75, 3.05) is 10.6 Å². The van der Waals surface area contributed by atoms with E-state index in [0.29, 0.717) is 17.9 Å². The average Bonchev–Trinajstić information content (AvgIpc) is 2.46. The van der Waals surface area contributed by atoms with E-state index < -0.39 is 0 Å². The second-order valence-electron chi connectivity index (χ2n) is 4.61. The standard InChI is InChI=1S/C14H13ClN4O/c15-14-16-8-11-12(19-14)17-10(13(20)18-11)7-6-9-4-2-1-3-5-9/h1-5,8,10H,6-7H2,(H,18,20)(H,16,17,19). The summed E-state index contributed by atoms with van der Waals surface area (Å²) in [5.74, 6) is 0.502. The van der Waals surface area contributed by atoms with E-state index >= 15 is 0 Å². The summed E-state index contributed by atoms with van der Waals surface area (Å²) in [6, 6.07) is 9.75. The van der Waals surface area contributed by atoms with Crippen molar-refractivity contribution < 1.29 is 4.79 Å². The van der Waals surface area contributed by atoms with Crippen molar-refractivity contribution in [1.29, 1.82) is 0 Å². The largest absolute Gasteiger partial charge is 0.356 e. The zero-order valence-electron chi connectivity index (χ0n) is 10.6. The number of benzene rings is 1. The van der Waals surface area contributed by atoms with Crippen LogP contribution in [0.2, 0.25) is 5.28 Å². The van der Waals surface area contributed by atoms with E-state index in [2.05, 4.69) is 20.6 Å². The van der Waals surface area contributed by atoms with Crippen LogP contribution in [0.1, 0.15) is 12.0 Å². The Balaban J connectivity index is 1.70. The number of aromatic nitrogens is 2. The lowest BCUT2D eigenvalue weighted by Crippen LogP contribution is -2.39. The maximum absolute atomic E-state index is 12.0. The lowest BCUT2D eigenvalue weighted by atomic mass is 10.0. The van der Waals surface area contributed by atoms with E-state index in [1.807, 2.05) is 30.3 Å². The maximum atomic E-state index is 12.0. The number of hydrogen-bond acceptors (Lipinski definition) is 4. The van der Waals surface area contributed by atoms with E-state index in [1.54, 1.807) is 0 Å². The first kappa shape index (κ1) is 12.9. The molecule has 0 fully saturated rings. The van der Waals surface area contributed by atoms with Crippen molar-refractivity contribution in [2.45, 2.75) is 18.9 Å². The predicted molar refractivity (Wildman–Crippen MR) is 77.8 cm³/mol. The summed E-state index contributed by atoms with van der Waals surface area (Å²) in [7, 11) is 0. The Hall–Kier alpha value is -2.14. The molecule has 3 rings (SSSR count). The van der Waals surface area contributed by atoms with Crippen molar-refractivity contribution in [2.24, 2.45) is 0 Å². The number of nitrogens with one attached hydrogen (secondary N) is 2. The molecule has 2 heterocycles. The van der Waals surface area contributed by atoms with Crippen LogP contribution in [0.25, 0.3) is 0 Å². The van der Waals surface area contributed by atoms with Gasteiger partial charge in [0, 0.05) is 0 Å². The molecule has 1 amide bonds. The van der Waals surface area contributed by atoms with Gasteiger partial charge in [0.05, 0.1) is 6.20 Å². The van der Waals surface area contributed by atoms with Gasteiger partial charge in [0.2, 0.25) is 11.2 Å². The van der Waals surface area contributed by atoms with Crippen molar-refractivity contribution in [3.63, 3.8) is 0 Å². The highest BCUT2D eigenvalue weighted by Crippen LogP contribution is 2.25. The first-order valence-corrected chi connectivity index (χ1v) is 6.74. The average molecular weight is 289 g/mol. The molecule has 1 aromatic carbocycles. The summed E-state index contributed by atoms with van der Waals surface area (Å²) >= 11 is 5.76. The van der Waals surface area contributed by atoms with Crippen LogP contribution in [0.15, 0.2) is 36.5 Å². The number of carbonyl (C=O) groups is 1. The molecular formula is C14H13ClN4O. The fourth-order valence-electron chi connectivity index (χ4n) is 2.17.